The molecule has 0 radical (unpaired) electrons. The van der Waals surface area contributed by atoms with Crippen LogP contribution in [0.25, 0.3) is 11.3 Å². The van der Waals surface area contributed by atoms with Crippen molar-refractivity contribution >= 4 is 23.2 Å². The van der Waals surface area contributed by atoms with E-state index in [4.69, 9.17) is 0 Å². The first kappa shape index (κ1) is 16.8. The van der Waals surface area contributed by atoms with Gasteiger partial charge in [-0.05, 0) is 56.0 Å². The summed E-state index contributed by atoms with van der Waals surface area (Å²) in [4.78, 5) is 33.0. The molecule has 0 spiro atoms. The predicted molar refractivity (Wildman–Crippen MR) is 102 cm³/mol. The van der Waals surface area contributed by atoms with Crippen LogP contribution in [-0.2, 0) is 9.59 Å². The molecule has 2 aliphatic heterocycles. The van der Waals surface area contributed by atoms with E-state index in [1.807, 2.05) is 46.2 Å². The van der Waals surface area contributed by atoms with Crippen LogP contribution in [0.4, 0.5) is 11.4 Å². The van der Waals surface area contributed by atoms with Crippen molar-refractivity contribution in [2.75, 3.05) is 22.9 Å². The second-order valence-electron chi connectivity index (χ2n) is 6.96. The molecule has 134 valence electrons. The summed E-state index contributed by atoms with van der Waals surface area (Å²) in [6, 6.07) is 11.8. The van der Waals surface area contributed by atoms with E-state index in [2.05, 4.69) is 4.98 Å². The Morgan fingerprint density at radius 2 is 1.38 bits per heavy atom. The fourth-order valence-electron chi connectivity index (χ4n) is 3.75. The van der Waals surface area contributed by atoms with Crippen LogP contribution < -0.4 is 9.80 Å². The Balaban J connectivity index is 1.79. The van der Waals surface area contributed by atoms with Crippen LogP contribution in [0.1, 0.15) is 38.5 Å². The summed E-state index contributed by atoms with van der Waals surface area (Å²) in [6.07, 6.45) is 6.87. The summed E-state index contributed by atoms with van der Waals surface area (Å²) in [7, 11) is 0. The molecule has 0 aliphatic carbocycles. The molecule has 1 aromatic carbocycles. The van der Waals surface area contributed by atoms with E-state index in [9.17, 15) is 9.59 Å². The maximum absolute atomic E-state index is 12.4. The first-order valence-corrected chi connectivity index (χ1v) is 9.39. The number of nitrogens with zero attached hydrogens (tertiary/aromatic N) is 3. The SMILES string of the molecule is O=C1CCCCN1c1cc(-c2ccccn2)cc(N2CCCCC2=O)c1. The minimum atomic E-state index is 0.158. The number of anilines is 2. The Bertz CT molecular complexity index is 773. The van der Waals surface area contributed by atoms with E-state index >= 15 is 0 Å². The van der Waals surface area contributed by atoms with Crippen molar-refractivity contribution in [3.8, 4) is 11.3 Å². The van der Waals surface area contributed by atoms with Gasteiger partial charge in [0.2, 0.25) is 11.8 Å². The average Bonchev–Trinajstić information content (AvgIpc) is 2.69. The van der Waals surface area contributed by atoms with Gasteiger partial charge in [0.25, 0.3) is 0 Å². The summed E-state index contributed by atoms with van der Waals surface area (Å²) in [6.45, 7) is 1.47. The molecule has 5 nitrogen and oxygen atoms in total. The number of aromatic nitrogens is 1. The minimum Gasteiger partial charge on any atom is -0.312 e. The van der Waals surface area contributed by atoms with Gasteiger partial charge in [0, 0.05) is 49.1 Å². The molecule has 5 heteroatoms. The van der Waals surface area contributed by atoms with Crippen LogP contribution in [0.3, 0.4) is 0 Å². The summed E-state index contributed by atoms with van der Waals surface area (Å²) in [5.74, 6) is 0.315. The van der Waals surface area contributed by atoms with E-state index in [-0.39, 0.29) is 11.8 Å². The van der Waals surface area contributed by atoms with Crippen LogP contribution in [0.5, 0.6) is 0 Å². The van der Waals surface area contributed by atoms with Crippen LogP contribution >= 0.6 is 0 Å². The van der Waals surface area contributed by atoms with E-state index in [1.165, 1.54) is 0 Å². The number of carbonyl (C=O) groups excluding carboxylic acids is 2. The van der Waals surface area contributed by atoms with Crippen molar-refractivity contribution in [2.45, 2.75) is 38.5 Å². The van der Waals surface area contributed by atoms with E-state index in [1.54, 1.807) is 6.20 Å². The van der Waals surface area contributed by atoms with E-state index in [0.717, 1.165) is 61.4 Å². The lowest BCUT2D eigenvalue weighted by molar-refractivity contribution is -0.120. The van der Waals surface area contributed by atoms with Gasteiger partial charge in [-0.15, -0.1) is 0 Å². The molecular weight excluding hydrogens is 326 g/mol. The first-order chi connectivity index (χ1) is 12.7. The van der Waals surface area contributed by atoms with Gasteiger partial charge in [-0.3, -0.25) is 14.6 Å². The second-order valence-corrected chi connectivity index (χ2v) is 6.96. The zero-order chi connectivity index (χ0) is 17.9. The van der Waals surface area contributed by atoms with Crippen LogP contribution in [0.2, 0.25) is 0 Å². The normalized spacial score (nSPS) is 18.3. The molecule has 2 saturated heterocycles. The number of benzene rings is 1. The Morgan fingerprint density at radius 1 is 0.769 bits per heavy atom. The second kappa shape index (κ2) is 7.28. The highest BCUT2D eigenvalue weighted by atomic mass is 16.2. The number of piperidine rings is 2. The Labute approximate surface area is 153 Å². The third-order valence-corrected chi connectivity index (χ3v) is 5.13. The number of rotatable bonds is 3. The fraction of sp³-hybridized carbons (Fsp3) is 0.381. The fourth-order valence-corrected chi connectivity index (χ4v) is 3.75. The molecule has 26 heavy (non-hydrogen) atoms. The molecule has 0 N–H and O–H groups in total. The molecular formula is C21H23N3O2. The van der Waals surface area contributed by atoms with Gasteiger partial charge in [0.1, 0.15) is 0 Å². The Hall–Kier alpha value is -2.69. The molecule has 0 saturated carbocycles. The first-order valence-electron chi connectivity index (χ1n) is 9.39. The van der Waals surface area contributed by atoms with E-state index < -0.39 is 0 Å². The maximum atomic E-state index is 12.4. The van der Waals surface area contributed by atoms with Crippen molar-refractivity contribution in [1.29, 1.82) is 0 Å². The summed E-state index contributed by atoms with van der Waals surface area (Å²) in [5, 5.41) is 0. The number of pyridine rings is 1. The van der Waals surface area contributed by atoms with Gasteiger partial charge < -0.3 is 9.80 Å². The number of amides is 2. The van der Waals surface area contributed by atoms with Crippen molar-refractivity contribution in [3.05, 3.63) is 42.6 Å². The number of hydrogen-bond acceptors (Lipinski definition) is 3. The zero-order valence-corrected chi connectivity index (χ0v) is 14.9. The topological polar surface area (TPSA) is 53.5 Å². The zero-order valence-electron chi connectivity index (χ0n) is 14.9. The summed E-state index contributed by atoms with van der Waals surface area (Å²) >= 11 is 0. The molecule has 1 aromatic heterocycles. The molecule has 2 aliphatic rings. The van der Waals surface area contributed by atoms with Gasteiger partial charge in [-0.2, -0.15) is 0 Å². The largest absolute Gasteiger partial charge is 0.312 e. The molecule has 0 bridgehead atoms. The minimum absolute atomic E-state index is 0.158. The Morgan fingerprint density at radius 3 is 1.88 bits per heavy atom. The van der Waals surface area contributed by atoms with Gasteiger partial charge in [0.15, 0.2) is 0 Å². The lowest BCUT2D eigenvalue weighted by atomic mass is 10.0. The lowest BCUT2D eigenvalue weighted by Gasteiger charge is -2.31. The predicted octanol–water partition coefficient (Wildman–Crippen LogP) is 3.78. The van der Waals surface area contributed by atoms with Crippen molar-refractivity contribution < 1.29 is 9.59 Å². The van der Waals surface area contributed by atoms with Crippen molar-refractivity contribution in [1.82, 2.24) is 4.98 Å². The van der Waals surface area contributed by atoms with Gasteiger partial charge >= 0.3 is 0 Å². The molecule has 4 rings (SSSR count). The number of hydrogen-bond donors (Lipinski definition) is 0. The molecule has 3 heterocycles. The highest BCUT2D eigenvalue weighted by Crippen LogP contribution is 2.33. The van der Waals surface area contributed by atoms with Crippen LogP contribution in [-0.4, -0.2) is 29.9 Å². The van der Waals surface area contributed by atoms with Crippen molar-refractivity contribution in [2.24, 2.45) is 0 Å². The standard InChI is InChI=1S/C21H23N3O2/c25-20-8-2-5-11-23(20)17-13-16(19-7-1-4-10-22-19)14-18(15-17)24-12-6-3-9-21(24)26/h1,4,7,10,13-15H,2-3,5-6,8-9,11-12H2. The van der Waals surface area contributed by atoms with Gasteiger partial charge in [-0.1, -0.05) is 6.07 Å². The van der Waals surface area contributed by atoms with Crippen LogP contribution in [0, 0.1) is 0 Å². The molecule has 0 unspecified atom stereocenters. The quantitative estimate of drug-likeness (QED) is 0.847. The van der Waals surface area contributed by atoms with Gasteiger partial charge in [-0.25, -0.2) is 0 Å². The van der Waals surface area contributed by atoms with Gasteiger partial charge in [0.05, 0.1) is 5.69 Å². The number of carbonyl (C=O) groups is 2. The highest BCUT2D eigenvalue weighted by molar-refractivity contribution is 5.98. The maximum Gasteiger partial charge on any atom is 0.226 e. The molecule has 2 amide bonds. The monoisotopic (exact) mass is 349 g/mol. The smallest absolute Gasteiger partial charge is 0.226 e. The molecule has 0 atom stereocenters. The summed E-state index contributed by atoms with van der Waals surface area (Å²) in [5.41, 5.74) is 3.52. The average molecular weight is 349 g/mol. The van der Waals surface area contributed by atoms with Crippen LogP contribution in [0.15, 0.2) is 42.6 Å². The third kappa shape index (κ3) is 3.34. The third-order valence-electron chi connectivity index (χ3n) is 5.13. The Kier molecular flexibility index (Phi) is 4.69. The highest BCUT2D eigenvalue weighted by Gasteiger charge is 2.24. The van der Waals surface area contributed by atoms with Crippen molar-refractivity contribution in [3.63, 3.8) is 0 Å². The molecule has 2 fully saturated rings. The van der Waals surface area contributed by atoms with E-state index in [0.29, 0.717) is 12.8 Å². The lowest BCUT2D eigenvalue weighted by Crippen LogP contribution is -2.37. The molecule has 2 aromatic rings. The summed E-state index contributed by atoms with van der Waals surface area (Å²) < 4.78 is 0.